The van der Waals surface area contributed by atoms with Gasteiger partial charge >= 0.3 is 0 Å². The number of likely N-dealkylation sites (tertiary alicyclic amines) is 1. The molecule has 1 amide bonds. The van der Waals surface area contributed by atoms with Gasteiger partial charge in [0, 0.05) is 25.2 Å². The van der Waals surface area contributed by atoms with Gasteiger partial charge in [-0.05, 0) is 39.1 Å². The maximum Gasteiger partial charge on any atom is 0.256 e. The fraction of sp³-hybridized carbons (Fsp3) is 0.308. The van der Waals surface area contributed by atoms with E-state index in [2.05, 4.69) is 15.1 Å². The molecule has 2 aromatic heterocycles. The number of benzene rings is 2. The van der Waals surface area contributed by atoms with Gasteiger partial charge in [0.25, 0.3) is 5.91 Å². The van der Waals surface area contributed by atoms with Crippen molar-refractivity contribution >= 4 is 5.91 Å². The summed E-state index contributed by atoms with van der Waals surface area (Å²) in [5.74, 6) is 1.53. The van der Waals surface area contributed by atoms with Gasteiger partial charge in [0.05, 0.1) is 29.6 Å². The molecule has 0 aliphatic carbocycles. The van der Waals surface area contributed by atoms with Crippen molar-refractivity contribution in [2.75, 3.05) is 27.2 Å². The zero-order valence-electron chi connectivity index (χ0n) is 19.5. The molecule has 1 saturated heterocycles. The minimum Gasteiger partial charge on any atom is -0.440 e. The van der Waals surface area contributed by atoms with E-state index in [1.807, 2.05) is 73.6 Å². The Hall–Kier alpha value is -3.78. The molecule has 0 unspecified atom stereocenters. The molecule has 3 heterocycles. The average molecular weight is 457 g/mol. The lowest BCUT2D eigenvalue weighted by Crippen LogP contribution is -2.39. The van der Waals surface area contributed by atoms with Gasteiger partial charge in [0.2, 0.25) is 0 Å². The Morgan fingerprint density at radius 3 is 2.56 bits per heavy atom. The van der Waals surface area contributed by atoms with Crippen molar-refractivity contribution in [3.05, 3.63) is 84.1 Å². The lowest BCUT2D eigenvalue weighted by molar-refractivity contribution is 0.0698. The first-order valence-corrected chi connectivity index (χ1v) is 11.5. The third-order valence-corrected chi connectivity index (χ3v) is 6.04. The summed E-state index contributed by atoms with van der Waals surface area (Å²) < 4.78 is 6.36. The van der Waals surface area contributed by atoms with Crippen LogP contribution in [-0.2, 0) is 6.54 Å². The van der Waals surface area contributed by atoms with Crippen LogP contribution in [0.15, 0.2) is 71.4 Å². The molecule has 0 bridgehead atoms. The number of oxazole rings is 1. The first kappa shape index (κ1) is 22.0. The van der Waals surface area contributed by atoms with Crippen LogP contribution in [0, 0.1) is 0 Å². The van der Waals surface area contributed by atoms with E-state index in [4.69, 9.17) is 9.40 Å². The molecule has 0 spiro atoms. The summed E-state index contributed by atoms with van der Waals surface area (Å²) in [6.07, 6.45) is 5.04. The van der Waals surface area contributed by atoms with E-state index in [-0.39, 0.29) is 11.8 Å². The fourth-order valence-corrected chi connectivity index (χ4v) is 4.47. The minimum atomic E-state index is -0.0269. The SMILES string of the molecule is CN(C)Cc1nc([C@@H]2CCCN(C(=O)c3ccccc3-n3nccn3)C2)oc1-c1ccccc1. The number of carbonyl (C=O) groups excluding carboxylic acids is 1. The first-order valence-electron chi connectivity index (χ1n) is 11.5. The Labute approximate surface area is 198 Å². The molecule has 0 N–H and O–H groups in total. The molecule has 174 valence electrons. The molecule has 1 atom stereocenters. The number of carbonyl (C=O) groups is 1. The summed E-state index contributed by atoms with van der Waals surface area (Å²) in [6.45, 7) is 1.95. The van der Waals surface area contributed by atoms with Crippen LogP contribution in [0.5, 0.6) is 0 Å². The molecule has 4 aromatic rings. The lowest BCUT2D eigenvalue weighted by atomic mass is 9.97. The maximum atomic E-state index is 13.5. The van der Waals surface area contributed by atoms with Gasteiger partial charge in [-0.1, -0.05) is 42.5 Å². The van der Waals surface area contributed by atoms with Gasteiger partial charge in [-0.3, -0.25) is 4.79 Å². The van der Waals surface area contributed by atoms with E-state index < -0.39 is 0 Å². The number of hydrogen-bond donors (Lipinski definition) is 0. The molecule has 1 fully saturated rings. The van der Waals surface area contributed by atoms with Crippen molar-refractivity contribution in [2.24, 2.45) is 0 Å². The first-order chi connectivity index (χ1) is 16.6. The second kappa shape index (κ2) is 9.61. The van der Waals surface area contributed by atoms with Crippen LogP contribution in [-0.4, -0.2) is 62.9 Å². The predicted molar refractivity (Wildman–Crippen MR) is 129 cm³/mol. The smallest absolute Gasteiger partial charge is 0.256 e. The number of hydrogen-bond acceptors (Lipinski definition) is 6. The monoisotopic (exact) mass is 456 g/mol. The number of aromatic nitrogens is 4. The standard InChI is InChI=1S/C26H28N6O2/c1-30(2)18-22-24(19-9-4-3-5-10-19)34-25(29-22)20-11-8-16-31(17-20)26(33)21-12-6-7-13-23(21)32-27-14-15-28-32/h3-7,9-10,12-15,20H,8,11,16-18H2,1-2H3/t20-/m1/s1. The molecule has 1 aliphatic rings. The molecule has 8 heteroatoms. The maximum absolute atomic E-state index is 13.5. The summed E-state index contributed by atoms with van der Waals surface area (Å²) in [5, 5.41) is 8.42. The van der Waals surface area contributed by atoms with Crippen molar-refractivity contribution in [1.82, 2.24) is 29.8 Å². The summed E-state index contributed by atoms with van der Waals surface area (Å²) >= 11 is 0. The molecule has 34 heavy (non-hydrogen) atoms. The highest BCUT2D eigenvalue weighted by atomic mass is 16.4. The Morgan fingerprint density at radius 2 is 1.79 bits per heavy atom. The van der Waals surface area contributed by atoms with E-state index >= 15 is 0 Å². The molecular formula is C26H28N6O2. The van der Waals surface area contributed by atoms with Crippen LogP contribution < -0.4 is 0 Å². The van der Waals surface area contributed by atoms with Crippen molar-refractivity contribution in [3.63, 3.8) is 0 Å². The van der Waals surface area contributed by atoms with Crippen molar-refractivity contribution in [2.45, 2.75) is 25.3 Å². The summed E-state index contributed by atoms with van der Waals surface area (Å²) in [6, 6.07) is 17.5. The average Bonchev–Trinajstić information content (AvgIpc) is 3.55. The molecule has 8 nitrogen and oxygen atoms in total. The Morgan fingerprint density at radius 1 is 1.06 bits per heavy atom. The van der Waals surface area contributed by atoms with Gasteiger partial charge in [-0.15, -0.1) is 0 Å². The van der Waals surface area contributed by atoms with Gasteiger partial charge in [0.1, 0.15) is 5.69 Å². The predicted octanol–water partition coefficient (Wildman–Crippen LogP) is 4.00. The fourth-order valence-electron chi connectivity index (χ4n) is 4.47. The highest BCUT2D eigenvalue weighted by Gasteiger charge is 2.31. The Balaban J connectivity index is 1.41. The van der Waals surface area contributed by atoms with E-state index in [9.17, 15) is 4.79 Å². The molecule has 2 aromatic carbocycles. The highest BCUT2D eigenvalue weighted by Crippen LogP contribution is 2.33. The van der Waals surface area contributed by atoms with E-state index in [1.165, 1.54) is 4.80 Å². The van der Waals surface area contributed by atoms with E-state index in [0.29, 0.717) is 36.8 Å². The van der Waals surface area contributed by atoms with Crippen molar-refractivity contribution < 1.29 is 9.21 Å². The van der Waals surface area contributed by atoms with E-state index in [1.54, 1.807) is 12.4 Å². The van der Waals surface area contributed by atoms with Gasteiger partial charge in [-0.25, -0.2) is 4.98 Å². The van der Waals surface area contributed by atoms with Crippen LogP contribution >= 0.6 is 0 Å². The van der Waals surface area contributed by atoms with Crippen LogP contribution in [0.1, 0.15) is 40.7 Å². The quantitative estimate of drug-likeness (QED) is 0.436. The van der Waals surface area contributed by atoms with Crippen LogP contribution in [0.3, 0.4) is 0 Å². The summed E-state index contributed by atoms with van der Waals surface area (Å²) in [5.41, 5.74) is 3.20. The van der Waals surface area contributed by atoms with Crippen molar-refractivity contribution in [3.8, 4) is 17.0 Å². The number of para-hydroxylation sites is 1. The van der Waals surface area contributed by atoms with Crippen molar-refractivity contribution in [1.29, 1.82) is 0 Å². The number of piperidine rings is 1. The molecule has 0 radical (unpaired) electrons. The van der Waals surface area contributed by atoms with Crippen LogP contribution in [0.2, 0.25) is 0 Å². The topological polar surface area (TPSA) is 80.3 Å². The van der Waals surface area contributed by atoms with Crippen LogP contribution in [0.25, 0.3) is 17.0 Å². The van der Waals surface area contributed by atoms with Gasteiger partial charge in [-0.2, -0.15) is 15.0 Å². The zero-order valence-corrected chi connectivity index (χ0v) is 19.5. The largest absolute Gasteiger partial charge is 0.440 e. The summed E-state index contributed by atoms with van der Waals surface area (Å²) in [7, 11) is 4.05. The zero-order chi connectivity index (χ0) is 23.5. The number of nitrogens with zero attached hydrogens (tertiary/aromatic N) is 6. The van der Waals surface area contributed by atoms with Crippen LogP contribution in [0.4, 0.5) is 0 Å². The third kappa shape index (κ3) is 4.49. The molecule has 5 rings (SSSR count). The van der Waals surface area contributed by atoms with Gasteiger partial charge in [0.15, 0.2) is 11.7 Å². The molecular weight excluding hydrogens is 428 g/mol. The molecule has 1 aliphatic heterocycles. The van der Waals surface area contributed by atoms with E-state index in [0.717, 1.165) is 29.9 Å². The highest BCUT2D eigenvalue weighted by molar-refractivity contribution is 5.97. The normalized spacial score (nSPS) is 16.2. The van der Waals surface area contributed by atoms with Gasteiger partial charge < -0.3 is 14.2 Å². The molecule has 0 saturated carbocycles. The third-order valence-electron chi connectivity index (χ3n) is 6.04. The minimum absolute atomic E-state index is 0.0269. The second-order valence-electron chi connectivity index (χ2n) is 8.86. The second-order valence-corrected chi connectivity index (χ2v) is 8.86. The number of amides is 1. The number of rotatable bonds is 6. The Bertz CT molecular complexity index is 1250. The summed E-state index contributed by atoms with van der Waals surface area (Å²) in [4.78, 5) is 23.9. The Kier molecular flexibility index (Phi) is 6.22. The lowest BCUT2D eigenvalue weighted by Gasteiger charge is -2.31.